The lowest BCUT2D eigenvalue weighted by Crippen LogP contribution is -2.43. The van der Waals surface area contributed by atoms with E-state index in [1.807, 2.05) is 0 Å². The van der Waals surface area contributed by atoms with Gasteiger partial charge in [-0.1, -0.05) is 20.8 Å². The fourth-order valence-electron chi connectivity index (χ4n) is 1.75. The lowest BCUT2D eigenvalue weighted by molar-refractivity contribution is 0.0961. The number of rotatable bonds is 1. The molecule has 0 saturated carbocycles. The van der Waals surface area contributed by atoms with Gasteiger partial charge in [0.25, 0.3) is 6.01 Å². The summed E-state index contributed by atoms with van der Waals surface area (Å²) in [6.07, 6.45) is 1.76. The first kappa shape index (κ1) is 11.5. The topological polar surface area (TPSA) is 38.5 Å². The molecule has 0 N–H and O–H groups in total. The summed E-state index contributed by atoms with van der Waals surface area (Å²) in [4.78, 5) is 6.72. The molecule has 0 aromatic carbocycles. The molecule has 4 heteroatoms. The summed E-state index contributed by atoms with van der Waals surface area (Å²) >= 11 is 0. The van der Waals surface area contributed by atoms with Crippen LogP contribution in [0.4, 0.5) is 6.01 Å². The zero-order valence-electron chi connectivity index (χ0n) is 10.5. The maximum Gasteiger partial charge on any atom is 0.297 e. The van der Waals surface area contributed by atoms with Gasteiger partial charge in [-0.05, 0) is 6.92 Å². The highest BCUT2D eigenvalue weighted by Gasteiger charge is 2.25. The summed E-state index contributed by atoms with van der Waals surface area (Å²) in [6.45, 7) is 10.9. The van der Waals surface area contributed by atoms with Crippen molar-refractivity contribution in [3.8, 4) is 0 Å². The van der Waals surface area contributed by atoms with Crippen molar-refractivity contribution in [1.29, 1.82) is 0 Å². The number of nitrogens with zero attached hydrogens (tertiary/aromatic N) is 2. The molecule has 1 fully saturated rings. The van der Waals surface area contributed by atoms with Crippen molar-refractivity contribution in [3.63, 3.8) is 0 Å². The van der Waals surface area contributed by atoms with Gasteiger partial charge in [0, 0.05) is 12.0 Å². The van der Waals surface area contributed by atoms with Crippen LogP contribution in [0.1, 0.15) is 33.4 Å². The summed E-state index contributed by atoms with van der Waals surface area (Å²) in [7, 11) is 0. The fourth-order valence-corrected chi connectivity index (χ4v) is 1.75. The van der Waals surface area contributed by atoms with E-state index in [2.05, 4.69) is 37.6 Å². The highest BCUT2D eigenvalue weighted by Crippen LogP contribution is 2.26. The van der Waals surface area contributed by atoms with E-state index in [1.54, 1.807) is 6.26 Å². The Kier molecular flexibility index (Phi) is 2.93. The molecule has 0 spiro atoms. The zero-order valence-corrected chi connectivity index (χ0v) is 10.5. The van der Waals surface area contributed by atoms with Gasteiger partial charge in [-0.15, -0.1) is 0 Å². The first-order valence-electron chi connectivity index (χ1n) is 5.79. The van der Waals surface area contributed by atoms with Gasteiger partial charge in [0.15, 0.2) is 0 Å². The minimum absolute atomic E-state index is 0.0390. The van der Waals surface area contributed by atoms with Crippen LogP contribution in [-0.4, -0.2) is 30.8 Å². The van der Waals surface area contributed by atoms with Crippen LogP contribution in [0.3, 0.4) is 0 Å². The van der Waals surface area contributed by atoms with Crippen LogP contribution in [0.2, 0.25) is 0 Å². The number of morpholine rings is 1. The quantitative estimate of drug-likeness (QED) is 0.733. The van der Waals surface area contributed by atoms with Crippen LogP contribution in [0.25, 0.3) is 0 Å². The number of hydrogen-bond acceptors (Lipinski definition) is 4. The molecule has 2 heterocycles. The molecule has 0 unspecified atom stereocenters. The molecular weight excluding hydrogens is 204 g/mol. The van der Waals surface area contributed by atoms with E-state index < -0.39 is 0 Å². The molecule has 1 aromatic heterocycles. The lowest BCUT2D eigenvalue weighted by atomic mass is 9.93. The van der Waals surface area contributed by atoms with Crippen molar-refractivity contribution in [3.05, 3.63) is 12.0 Å². The first-order valence-corrected chi connectivity index (χ1v) is 5.79. The van der Waals surface area contributed by atoms with Crippen molar-refractivity contribution < 1.29 is 9.15 Å². The maximum atomic E-state index is 5.56. The van der Waals surface area contributed by atoms with Gasteiger partial charge in [-0.25, -0.2) is 0 Å². The second kappa shape index (κ2) is 4.09. The normalized spacial score (nSPS) is 22.5. The Morgan fingerprint density at radius 2 is 2.19 bits per heavy atom. The highest BCUT2D eigenvalue weighted by atomic mass is 16.5. The molecule has 1 aromatic rings. The first-order chi connectivity index (χ1) is 7.48. The highest BCUT2D eigenvalue weighted by molar-refractivity contribution is 5.31. The second-order valence-electron chi connectivity index (χ2n) is 5.38. The van der Waals surface area contributed by atoms with Crippen molar-refractivity contribution in [2.45, 2.75) is 39.2 Å². The monoisotopic (exact) mass is 224 g/mol. The summed E-state index contributed by atoms with van der Waals surface area (Å²) in [5, 5.41) is 0. The average molecular weight is 224 g/mol. The van der Waals surface area contributed by atoms with Gasteiger partial charge in [-0.2, -0.15) is 4.98 Å². The summed E-state index contributed by atoms with van der Waals surface area (Å²) < 4.78 is 11.0. The Bertz CT molecular complexity index is 354. The average Bonchev–Trinajstić information content (AvgIpc) is 2.66. The third-order valence-electron chi connectivity index (χ3n) is 2.87. The van der Waals surface area contributed by atoms with E-state index in [-0.39, 0.29) is 5.41 Å². The Balaban J connectivity index is 2.18. The molecule has 1 aliphatic heterocycles. The molecule has 16 heavy (non-hydrogen) atoms. The molecular formula is C12H20N2O2. The minimum Gasteiger partial charge on any atom is -0.432 e. The number of ether oxygens (including phenoxy) is 1. The van der Waals surface area contributed by atoms with E-state index in [9.17, 15) is 0 Å². The van der Waals surface area contributed by atoms with Gasteiger partial charge in [0.05, 0.1) is 24.9 Å². The van der Waals surface area contributed by atoms with Crippen LogP contribution in [-0.2, 0) is 10.2 Å². The van der Waals surface area contributed by atoms with Gasteiger partial charge < -0.3 is 14.1 Å². The molecule has 0 aliphatic carbocycles. The lowest BCUT2D eigenvalue weighted by Gasteiger charge is -2.31. The standard InChI is InChI=1S/C12H20N2O2/c1-9-7-15-6-5-14(9)11-13-10(8-16-11)12(2,3)4/h8-9H,5-7H2,1-4H3/t9-/m0/s1. The third kappa shape index (κ3) is 2.21. The van der Waals surface area contributed by atoms with Crippen molar-refractivity contribution in [2.75, 3.05) is 24.7 Å². The van der Waals surface area contributed by atoms with E-state index in [0.717, 1.165) is 31.5 Å². The number of oxazole rings is 1. The predicted octanol–water partition coefficient (Wildman–Crippen LogP) is 2.20. The van der Waals surface area contributed by atoms with Crippen molar-refractivity contribution >= 4 is 6.01 Å². The fraction of sp³-hybridized carbons (Fsp3) is 0.750. The maximum absolute atomic E-state index is 5.56. The van der Waals surface area contributed by atoms with Crippen LogP contribution in [0, 0.1) is 0 Å². The molecule has 0 radical (unpaired) electrons. The number of anilines is 1. The molecule has 0 amide bonds. The van der Waals surface area contributed by atoms with Crippen LogP contribution in [0.15, 0.2) is 10.7 Å². The van der Waals surface area contributed by atoms with Crippen molar-refractivity contribution in [2.24, 2.45) is 0 Å². The van der Waals surface area contributed by atoms with E-state index in [4.69, 9.17) is 9.15 Å². The number of aromatic nitrogens is 1. The summed E-state index contributed by atoms with van der Waals surface area (Å²) in [5.41, 5.74) is 1.04. The van der Waals surface area contributed by atoms with E-state index in [1.165, 1.54) is 0 Å². The molecule has 90 valence electrons. The summed E-state index contributed by atoms with van der Waals surface area (Å²) in [6, 6.07) is 1.06. The molecule has 0 bridgehead atoms. The van der Waals surface area contributed by atoms with E-state index >= 15 is 0 Å². The molecule has 2 rings (SSSR count). The summed E-state index contributed by atoms with van der Waals surface area (Å²) in [5.74, 6) is 0. The zero-order chi connectivity index (χ0) is 11.8. The molecule has 1 saturated heterocycles. The third-order valence-corrected chi connectivity index (χ3v) is 2.87. The van der Waals surface area contributed by atoms with Crippen LogP contribution < -0.4 is 4.90 Å². The second-order valence-corrected chi connectivity index (χ2v) is 5.38. The smallest absolute Gasteiger partial charge is 0.297 e. The van der Waals surface area contributed by atoms with Crippen molar-refractivity contribution in [1.82, 2.24) is 4.98 Å². The Hall–Kier alpha value is -1.03. The molecule has 4 nitrogen and oxygen atoms in total. The van der Waals surface area contributed by atoms with Crippen LogP contribution in [0.5, 0.6) is 0 Å². The van der Waals surface area contributed by atoms with Crippen LogP contribution >= 0.6 is 0 Å². The Labute approximate surface area is 96.6 Å². The Morgan fingerprint density at radius 1 is 1.44 bits per heavy atom. The number of hydrogen-bond donors (Lipinski definition) is 0. The molecule has 1 atom stereocenters. The van der Waals surface area contributed by atoms with Gasteiger partial charge in [-0.3, -0.25) is 0 Å². The largest absolute Gasteiger partial charge is 0.432 e. The predicted molar refractivity (Wildman–Crippen MR) is 62.8 cm³/mol. The minimum atomic E-state index is 0.0390. The Morgan fingerprint density at radius 3 is 2.75 bits per heavy atom. The van der Waals surface area contributed by atoms with Gasteiger partial charge >= 0.3 is 0 Å². The van der Waals surface area contributed by atoms with Gasteiger partial charge in [0.2, 0.25) is 0 Å². The SMILES string of the molecule is C[C@H]1COCCN1c1nc(C(C)(C)C)co1. The van der Waals surface area contributed by atoms with E-state index in [0.29, 0.717) is 6.04 Å². The van der Waals surface area contributed by atoms with Gasteiger partial charge in [0.1, 0.15) is 6.26 Å². The molecule has 1 aliphatic rings.